The summed E-state index contributed by atoms with van der Waals surface area (Å²) in [4.78, 5) is 0. The van der Waals surface area contributed by atoms with Crippen molar-refractivity contribution in [3.05, 3.63) is 30.3 Å². The molecule has 7 nitrogen and oxygen atoms in total. The predicted octanol–water partition coefficient (Wildman–Crippen LogP) is 5.31. The largest absolute Gasteiger partial charge is 0.491 e. The highest BCUT2D eigenvalue weighted by molar-refractivity contribution is 5.20. The molecule has 0 aliphatic rings. The number of unbranched alkanes of at least 4 members (excludes halogenated alkanes) is 7. The molecule has 0 unspecified atom stereocenters. The van der Waals surface area contributed by atoms with Crippen molar-refractivity contribution in [3.8, 4) is 5.75 Å². The van der Waals surface area contributed by atoms with Crippen LogP contribution in [0.2, 0.25) is 0 Å². The van der Waals surface area contributed by atoms with Gasteiger partial charge in [-0.25, -0.2) is 0 Å². The van der Waals surface area contributed by atoms with Gasteiger partial charge in [0.25, 0.3) is 0 Å². The number of hydrogen-bond acceptors (Lipinski definition) is 7. The highest BCUT2D eigenvalue weighted by Crippen LogP contribution is 2.08. The Kier molecular flexibility index (Phi) is 24.9. The molecule has 7 heteroatoms. The van der Waals surface area contributed by atoms with Crippen LogP contribution in [0.15, 0.2) is 30.3 Å². The lowest BCUT2D eigenvalue weighted by Gasteiger charge is -2.09. The van der Waals surface area contributed by atoms with Crippen molar-refractivity contribution in [2.75, 3.05) is 85.9 Å². The summed E-state index contributed by atoms with van der Waals surface area (Å²) in [5, 5.41) is 0. The van der Waals surface area contributed by atoms with Gasteiger partial charge in [0.1, 0.15) is 12.4 Å². The van der Waals surface area contributed by atoms with Crippen LogP contribution in [-0.2, 0) is 28.4 Å². The van der Waals surface area contributed by atoms with Crippen molar-refractivity contribution in [2.24, 2.45) is 0 Å². The molecule has 0 aliphatic carbocycles. The predicted molar refractivity (Wildman–Crippen MR) is 139 cm³/mol. The van der Waals surface area contributed by atoms with Gasteiger partial charge in [-0.15, -0.1) is 0 Å². The standard InChI is InChI=1S/C28H50O7/c1-2-3-4-5-6-7-8-12-15-29-16-17-30-18-19-31-20-21-32-22-23-33-24-25-34-26-27-35-28-13-10-9-11-14-28/h9-11,13-14H,2-8,12,15-27H2,1H3. The second-order valence-electron chi connectivity index (χ2n) is 8.31. The van der Waals surface area contributed by atoms with Crippen molar-refractivity contribution >= 4 is 0 Å². The summed E-state index contributed by atoms with van der Waals surface area (Å²) in [5.74, 6) is 0.857. The van der Waals surface area contributed by atoms with Crippen LogP contribution in [0, 0.1) is 0 Å². The quantitative estimate of drug-likeness (QED) is 0.145. The second kappa shape index (κ2) is 27.4. The summed E-state index contributed by atoms with van der Waals surface area (Å²) < 4.78 is 38.6. The monoisotopic (exact) mass is 498 g/mol. The third-order valence-electron chi connectivity index (χ3n) is 5.24. The topological polar surface area (TPSA) is 64.6 Å². The van der Waals surface area contributed by atoms with E-state index in [0.717, 1.165) is 18.8 Å². The first-order chi connectivity index (χ1) is 17.4. The molecule has 1 rings (SSSR count). The summed E-state index contributed by atoms with van der Waals surface area (Å²) in [7, 11) is 0. The molecule has 0 fully saturated rings. The van der Waals surface area contributed by atoms with Crippen LogP contribution in [0.25, 0.3) is 0 Å². The van der Waals surface area contributed by atoms with E-state index in [1.54, 1.807) is 0 Å². The first kappa shape index (κ1) is 31.8. The maximum absolute atomic E-state index is 5.61. The molecule has 0 N–H and O–H groups in total. The fraction of sp³-hybridized carbons (Fsp3) is 0.786. The lowest BCUT2D eigenvalue weighted by Crippen LogP contribution is -2.14. The van der Waals surface area contributed by atoms with E-state index in [1.165, 1.54) is 44.9 Å². The molecule has 0 aromatic heterocycles. The van der Waals surface area contributed by atoms with Crippen molar-refractivity contribution in [1.29, 1.82) is 0 Å². The van der Waals surface area contributed by atoms with E-state index in [0.29, 0.717) is 79.3 Å². The van der Waals surface area contributed by atoms with Crippen LogP contribution < -0.4 is 4.74 Å². The van der Waals surface area contributed by atoms with Gasteiger partial charge in [0, 0.05) is 6.61 Å². The first-order valence-electron chi connectivity index (χ1n) is 13.6. The Bertz CT molecular complexity index is 515. The molecule has 0 amide bonds. The zero-order chi connectivity index (χ0) is 24.9. The minimum Gasteiger partial charge on any atom is -0.491 e. The van der Waals surface area contributed by atoms with Gasteiger partial charge in [-0.1, -0.05) is 70.1 Å². The van der Waals surface area contributed by atoms with Gasteiger partial charge in [0.05, 0.1) is 72.7 Å². The average Bonchev–Trinajstić information content (AvgIpc) is 2.89. The van der Waals surface area contributed by atoms with Crippen LogP contribution in [0.3, 0.4) is 0 Å². The van der Waals surface area contributed by atoms with Crippen LogP contribution >= 0.6 is 0 Å². The van der Waals surface area contributed by atoms with Crippen LogP contribution in [0.5, 0.6) is 5.75 Å². The van der Waals surface area contributed by atoms with E-state index in [2.05, 4.69) is 6.92 Å². The Morgan fingerprint density at radius 1 is 0.400 bits per heavy atom. The summed E-state index contributed by atoms with van der Waals surface area (Å²) >= 11 is 0. The van der Waals surface area contributed by atoms with E-state index < -0.39 is 0 Å². The smallest absolute Gasteiger partial charge is 0.119 e. The summed E-state index contributed by atoms with van der Waals surface area (Å²) in [6.45, 7) is 9.92. The Labute approximate surface area is 213 Å². The number of ether oxygens (including phenoxy) is 7. The van der Waals surface area contributed by atoms with Crippen molar-refractivity contribution in [2.45, 2.75) is 58.3 Å². The third kappa shape index (κ3) is 24.3. The molecule has 1 aromatic rings. The Hall–Kier alpha value is -1.22. The second-order valence-corrected chi connectivity index (χ2v) is 8.31. The fourth-order valence-electron chi connectivity index (χ4n) is 3.27. The molecule has 0 bridgehead atoms. The highest BCUT2D eigenvalue weighted by Gasteiger charge is 1.96. The third-order valence-corrected chi connectivity index (χ3v) is 5.24. The van der Waals surface area contributed by atoms with Gasteiger partial charge in [-0.2, -0.15) is 0 Å². The lowest BCUT2D eigenvalue weighted by atomic mass is 10.1. The van der Waals surface area contributed by atoms with E-state index in [4.69, 9.17) is 33.2 Å². The van der Waals surface area contributed by atoms with E-state index in [1.807, 2.05) is 30.3 Å². The number of benzene rings is 1. The SMILES string of the molecule is CCCCCCCCCCOCCOCCOCCOCCOCCOCCOc1ccccc1. The van der Waals surface area contributed by atoms with Gasteiger partial charge >= 0.3 is 0 Å². The zero-order valence-electron chi connectivity index (χ0n) is 22.1. The van der Waals surface area contributed by atoms with Gasteiger partial charge in [0.15, 0.2) is 0 Å². The molecule has 0 radical (unpaired) electrons. The minimum atomic E-state index is 0.533. The molecule has 204 valence electrons. The molecule has 35 heavy (non-hydrogen) atoms. The number of hydrogen-bond donors (Lipinski definition) is 0. The van der Waals surface area contributed by atoms with Crippen LogP contribution in [0.4, 0.5) is 0 Å². The summed E-state index contributed by atoms with van der Waals surface area (Å²) in [6.07, 6.45) is 10.6. The molecular weight excluding hydrogens is 448 g/mol. The molecule has 1 aromatic carbocycles. The molecule has 0 aliphatic heterocycles. The van der Waals surface area contributed by atoms with Crippen LogP contribution in [0.1, 0.15) is 58.3 Å². The first-order valence-corrected chi connectivity index (χ1v) is 13.6. The molecule has 0 heterocycles. The van der Waals surface area contributed by atoms with Gasteiger partial charge in [-0.3, -0.25) is 0 Å². The maximum Gasteiger partial charge on any atom is 0.119 e. The molecule has 0 spiro atoms. The zero-order valence-corrected chi connectivity index (χ0v) is 22.1. The summed E-state index contributed by atoms with van der Waals surface area (Å²) in [6, 6.07) is 9.72. The number of rotatable bonds is 28. The Morgan fingerprint density at radius 2 is 0.771 bits per heavy atom. The highest BCUT2D eigenvalue weighted by atomic mass is 16.6. The van der Waals surface area contributed by atoms with E-state index >= 15 is 0 Å². The van der Waals surface area contributed by atoms with Crippen molar-refractivity contribution in [3.63, 3.8) is 0 Å². The number of para-hydroxylation sites is 1. The van der Waals surface area contributed by atoms with E-state index in [-0.39, 0.29) is 0 Å². The fourth-order valence-corrected chi connectivity index (χ4v) is 3.27. The molecule has 0 saturated carbocycles. The summed E-state index contributed by atoms with van der Waals surface area (Å²) in [5.41, 5.74) is 0. The van der Waals surface area contributed by atoms with Gasteiger partial charge in [0.2, 0.25) is 0 Å². The molecular formula is C28H50O7. The van der Waals surface area contributed by atoms with Crippen molar-refractivity contribution < 1.29 is 33.2 Å². The van der Waals surface area contributed by atoms with Gasteiger partial charge in [-0.05, 0) is 18.6 Å². The average molecular weight is 499 g/mol. The van der Waals surface area contributed by atoms with E-state index in [9.17, 15) is 0 Å². The lowest BCUT2D eigenvalue weighted by molar-refractivity contribution is -0.0179. The Balaban J connectivity index is 1.63. The maximum atomic E-state index is 5.61. The van der Waals surface area contributed by atoms with Crippen LogP contribution in [-0.4, -0.2) is 85.9 Å². The molecule has 0 saturated heterocycles. The molecule has 0 atom stereocenters. The normalized spacial score (nSPS) is 11.2. The Morgan fingerprint density at radius 3 is 1.23 bits per heavy atom. The van der Waals surface area contributed by atoms with Crippen molar-refractivity contribution in [1.82, 2.24) is 0 Å². The van der Waals surface area contributed by atoms with Gasteiger partial charge < -0.3 is 33.2 Å². The minimum absolute atomic E-state index is 0.533.